The minimum atomic E-state index is -4.71. The molecule has 0 amide bonds. The summed E-state index contributed by atoms with van der Waals surface area (Å²) in [5.41, 5.74) is -1.44. The molecule has 14 heteroatoms. The van der Waals surface area contributed by atoms with Crippen LogP contribution in [0.3, 0.4) is 0 Å². The molecule has 1 aromatic carbocycles. The zero-order valence-corrected chi connectivity index (χ0v) is 16.2. The number of hydrogen-bond donors (Lipinski definition) is 1. The SMILES string of the molecule is C[C@H](Nc1c(-c2c(F)cc(S(C)(=O)=O)cc2F)c(Cl)nc2ncnn12)C(F)(F)F. The highest BCUT2D eigenvalue weighted by molar-refractivity contribution is 7.90. The summed E-state index contributed by atoms with van der Waals surface area (Å²) in [6, 6.07) is -1.09. The quantitative estimate of drug-likeness (QED) is 0.478. The maximum atomic E-state index is 14.7. The average molecular weight is 456 g/mol. The molecule has 0 saturated heterocycles. The van der Waals surface area contributed by atoms with Gasteiger partial charge in [-0.1, -0.05) is 11.6 Å². The van der Waals surface area contributed by atoms with Gasteiger partial charge in [0, 0.05) is 6.26 Å². The van der Waals surface area contributed by atoms with Crippen LogP contribution < -0.4 is 5.32 Å². The molecule has 0 aliphatic heterocycles. The van der Waals surface area contributed by atoms with Crippen molar-refractivity contribution in [3.8, 4) is 11.1 Å². The lowest BCUT2D eigenvalue weighted by Gasteiger charge is -2.21. The highest BCUT2D eigenvalue weighted by atomic mass is 35.5. The summed E-state index contributed by atoms with van der Waals surface area (Å²) in [4.78, 5) is 6.83. The summed E-state index contributed by atoms with van der Waals surface area (Å²) < 4.78 is 92.6. The number of halogens is 6. The van der Waals surface area contributed by atoms with Crippen molar-refractivity contribution in [2.24, 2.45) is 0 Å². The van der Waals surface area contributed by atoms with E-state index in [0.29, 0.717) is 12.1 Å². The summed E-state index contributed by atoms with van der Waals surface area (Å²) in [5.74, 6) is -3.47. The standard InChI is InChI=1S/C15H11ClF5N5O2S/c1-6(15(19,20)21)24-13-11(12(16)25-14-22-5-23-26(13)14)10-8(17)3-7(4-9(10)18)29(2,27)28/h3-6,24H,1-2H3/t6-/m0/s1. The molecule has 0 aliphatic carbocycles. The van der Waals surface area contributed by atoms with Gasteiger partial charge in [0.05, 0.1) is 16.0 Å². The van der Waals surface area contributed by atoms with Gasteiger partial charge in [-0.05, 0) is 19.1 Å². The lowest BCUT2D eigenvalue weighted by atomic mass is 10.1. The first-order valence-electron chi connectivity index (χ1n) is 7.72. The Bertz CT molecular complexity index is 1190. The summed E-state index contributed by atoms with van der Waals surface area (Å²) in [5, 5.41) is 5.23. The van der Waals surface area contributed by atoms with Crippen LogP contribution in [0.1, 0.15) is 6.92 Å². The van der Waals surface area contributed by atoms with E-state index in [1.807, 2.05) is 0 Å². The van der Waals surface area contributed by atoms with Gasteiger partial charge in [0.25, 0.3) is 5.78 Å². The van der Waals surface area contributed by atoms with Crippen molar-refractivity contribution >= 4 is 33.0 Å². The molecule has 0 spiro atoms. The van der Waals surface area contributed by atoms with Gasteiger partial charge in [-0.15, -0.1) is 0 Å². The molecule has 0 saturated carbocycles. The number of sulfone groups is 1. The zero-order valence-electron chi connectivity index (χ0n) is 14.6. The smallest absolute Gasteiger partial charge is 0.358 e. The molecule has 1 atom stereocenters. The largest absolute Gasteiger partial charge is 0.408 e. The number of benzene rings is 1. The van der Waals surface area contributed by atoms with Crippen molar-refractivity contribution in [2.45, 2.75) is 24.0 Å². The number of rotatable bonds is 4. The second kappa shape index (κ2) is 7.06. The van der Waals surface area contributed by atoms with E-state index >= 15 is 0 Å². The van der Waals surface area contributed by atoms with Crippen LogP contribution in [-0.2, 0) is 9.84 Å². The Morgan fingerprint density at radius 1 is 1.17 bits per heavy atom. The molecule has 7 nitrogen and oxygen atoms in total. The third-order valence-electron chi connectivity index (χ3n) is 3.92. The van der Waals surface area contributed by atoms with Gasteiger partial charge in [-0.2, -0.15) is 32.8 Å². The van der Waals surface area contributed by atoms with Crippen LogP contribution in [0.15, 0.2) is 23.4 Å². The fourth-order valence-electron chi connectivity index (χ4n) is 2.46. The van der Waals surface area contributed by atoms with Crippen LogP contribution >= 0.6 is 11.6 Å². The Morgan fingerprint density at radius 3 is 2.28 bits per heavy atom. The number of anilines is 1. The fourth-order valence-corrected chi connectivity index (χ4v) is 3.36. The molecule has 156 valence electrons. The maximum absolute atomic E-state index is 14.7. The van der Waals surface area contributed by atoms with Crippen LogP contribution in [0, 0.1) is 11.6 Å². The molecular formula is C15H11ClF5N5O2S. The van der Waals surface area contributed by atoms with Gasteiger partial charge >= 0.3 is 6.18 Å². The lowest BCUT2D eigenvalue weighted by Crippen LogP contribution is -2.34. The first kappa shape index (κ1) is 21.2. The molecule has 2 aromatic heterocycles. The van der Waals surface area contributed by atoms with E-state index in [2.05, 4.69) is 20.4 Å². The van der Waals surface area contributed by atoms with Crippen LogP contribution in [0.5, 0.6) is 0 Å². The van der Waals surface area contributed by atoms with Crippen LogP contribution in [0.4, 0.5) is 27.8 Å². The normalized spacial score (nSPS) is 13.7. The third kappa shape index (κ3) is 3.96. The second-order valence-electron chi connectivity index (χ2n) is 6.04. The van der Waals surface area contributed by atoms with Crippen molar-refractivity contribution in [1.82, 2.24) is 19.6 Å². The molecule has 0 unspecified atom stereocenters. The molecule has 1 N–H and O–H groups in total. The maximum Gasteiger partial charge on any atom is 0.408 e. The first-order valence-corrected chi connectivity index (χ1v) is 9.99. The minimum Gasteiger partial charge on any atom is -0.358 e. The zero-order chi connectivity index (χ0) is 21.7. The molecule has 0 fully saturated rings. The van der Waals surface area contributed by atoms with Gasteiger partial charge in [0.15, 0.2) is 9.84 Å². The van der Waals surface area contributed by atoms with Crippen molar-refractivity contribution in [3.63, 3.8) is 0 Å². The van der Waals surface area contributed by atoms with Crippen molar-refractivity contribution in [2.75, 3.05) is 11.6 Å². The molecule has 2 heterocycles. The highest BCUT2D eigenvalue weighted by Gasteiger charge is 2.37. The number of nitrogens with one attached hydrogen (secondary N) is 1. The number of fused-ring (bicyclic) bond motifs is 1. The van der Waals surface area contributed by atoms with Crippen molar-refractivity contribution in [3.05, 3.63) is 35.2 Å². The van der Waals surface area contributed by atoms with E-state index in [1.165, 1.54) is 0 Å². The number of nitrogens with zero attached hydrogens (tertiary/aromatic N) is 4. The molecule has 0 radical (unpaired) electrons. The Kier molecular flexibility index (Phi) is 5.15. The Balaban J connectivity index is 2.33. The Morgan fingerprint density at radius 2 is 1.76 bits per heavy atom. The van der Waals surface area contributed by atoms with E-state index in [0.717, 1.165) is 24.0 Å². The number of hydrogen-bond acceptors (Lipinski definition) is 6. The van der Waals surface area contributed by atoms with Gasteiger partial charge in [-0.25, -0.2) is 17.2 Å². The van der Waals surface area contributed by atoms with Gasteiger partial charge in [0.2, 0.25) is 0 Å². The van der Waals surface area contributed by atoms with Crippen LogP contribution in [0.2, 0.25) is 5.15 Å². The summed E-state index contributed by atoms with van der Waals surface area (Å²) in [7, 11) is -3.95. The Hall–Kier alpha value is -2.54. The molecule has 0 bridgehead atoms. The lowest BCUT2D eigenvalue weighted by molar-refractivity contribution is -0.138. The molecule has 3 aromatic rings. The topological polar surface area (TPSA) is 89.2 Å². The molecule has 3 rings (SSSR count). The average Bonchev–Trinajstić information content (AvgIpc) is 3.02. The first-order chi connectivity index (χ1) is 13.3. The van der Waals surface area contributed by atoms with Gasteiger partial charge in [-0.3, -0.25) is 0 Å². The predicted octanol–water partition coefficient (Wildman–Crippen LogP) is 3.49. The van der Waals surface area contributed by atoms with Crippen molar-refractivity contribution in [1.29, 1.82) is 0 Å². The van der Waals surface area contributed by atoms with Crippen LogP contribution in [-0.4, -0.2) is 46.5 Å². The van der Waals surface area contributed by atoms with E-state index in [9.17, 15) is 30.4 Å². The number of alkyl halides is 3. The van der Waals surface area contributed by atoms with E-state index in [4.69, 9.17) is 11.6 Å². The highest BCUT2D eigenvalue weighted by Crippen LogP contribution is 2.39. The molecular weight excluding hydrogens is 445 g/mol. The van der Waals surface area contributed by atoms with Crippen LogP contribution in [0.25, 0.3) is 16.9 Å². The monoisotopic (exact) mass is 455 g/mol. The fraction of sp³-hybridized carbons (Fsp3) is 0.267. The van der Waals surface area contributed by atoms with Gasteiger partial charge < -0.3 is 5.32 Å². The summed E-state index contributed by atoms with van der Waals surface area (Å²) in [6.07, 6.45) is -3.00. The Labute approximate surface area is 165 Å². The van der Waals surface area contributed by atoms with Crippen molar-refractivity contribution < 1.29 is 30.4 Å². The second-order valence-corrected chi connectivity index (χ2v) is 8.41. The molecule has 29 heavy (non-hydrogen) atoms. The third-order valence-corrected chi connectivity index (χ3v) is 5.29. The summed E-state index contributed by atoms with van der Waals surface area (Å²) >= 11 is 6.01. The minimum absolute atomic E-state index is 0.218. The van der Waals surface area contributed by atoms with E-state index < -0.39 is 60.7 Å². The number of aromatic nitrogens is 4. The predicted molar refractivity (Wildman–Crippen MR) is 93.4 cm³/mol. The van der Waals surface area contributed by atoms with E-state index in [-0.39, 0.29) is 5.78 Å². The summed E-state index contributed by atoms with van der Waals surface area (Å²) in [6.45, 7) is 0.778. The van der Waals surface area contributed by atoms with Gasteiger partial charge in [0.1, 0.15) is 35.0 Å². The molecule has 0 aliphatic rings. The van der Waals surface area contributed by atoms with E-state index in [1.54, 1.807) is 0 Å².